The van der Waals surface area contributed by atoms with Gasteiger partial charge in [-0.05, 0) is 18.2 Å². The van der Waals surface area contributed by atoms with Gasteiger partial charge in [0.2, 0.25) is 0 Å². The normalized spacial score (nSPS) is 10.4. The van der Waals surface area contributed by atoms with Crippen molar-refractivity contribution in [2.75, 3.05) is 45.8 Å². The van der Waals surface area contributed by atoms with Crippen LogP contribution in [0, 0.1) is 0 Å². The minimum Gasteiger partial charge on any atom is -0.383 e. The van der Waals surface area contributed by atoms with Crippen molar-refractivity contribution in [1.29, 1.82) is 0 Å². The first-order chi connectivity index (χ1) is 9.58. The van der Waals surface area contributed by atoms with Gasteiger partial charge in [0, 0.05) is 33.0 Å². The van der Waals surface area contributed by atoms with Crippen molar-refractivity contribution in [2.24, 2.45) is 0 Å². The summed E-state index contributed by atoms with van der Waals surface area (Å²) in [6.45, 7) is 1.87. The summed E-state index contributed by atoms with van der Waals surface area (Å²) in [4.78, 5) is 13.8. The number of hydrogen-bond acceptors (Lipinski definition) is 3. The maximum atomic E-state index is 12.1. The topological polar surface area (TPSA) is 50.8 Å². The van der Waals surface area contributed by atoms with E-state index in [9.17, 15) is 4.79 Å². The van der Waals surface area contributed by atoms with Crippen LogP contribution in [0.4, 0.5) is 10.5 Å². The van der Waals surface area contributed by atoms with Crippen molar-refractivity contribution in [1.82, 2.24) is 4.90 Å². The van der Waals surface area contributed by atoms with Gasteiger partial charge in [-0.2, -0.15) is 0 Å². The van der Waals surface area contributed by atoms with Crippen LogP contribution in [0.1, 0.15) is 0 Å². The Bertz CT molecular complexity index is 436. The number of benzene rings is 1. The molecule has 0 aliphatic rings. The highest BCUT2D eigenvalue weighted by Gasteiger charge is 2.13. The molecule has 2 amide bonds. The molecule has 0 aromatic heterocycles. The molecule has 0 aliphatic heterocycles. The summed E-state index contributed by atoms with van der Waals surface area (Å²) in [6.07, 6.45) is 0. The number of nitrogens with zero attached hydrogens (tertiary/aromatic N) is 1. The molecule has 112 valence electrons. The number of nitrogens with one attached hydrogen (secondary N) is 1. The van der Waals surface area contributed by atoms with E-state index in [1.165, 1.54) is 0 Å². The maximum absolute atomic E-state index is 12.1. The summed E-state index contributed by atoms with van der Waals surface area (Å²) < 4.78 is 9.97. The molecule has 0 aliphatic carbocycles. The van der Waals surface area contributed by atoms with E-state index in [4.69, 9.17) is 32.7 Å². The number of halogens is 2. The SMILES string of the molecule is COCCN(CCOC)C(=O)Nc1ccc(Cl)c(Cl)c1. The first-order valence-electron chi connectivity index (χ1n) is 6.07. The van der Waals surface area contributed by atoms with Crippen LogP contribution in [0.25, 0.3) is 0 Å². The molecule has 1 rings (SSSR count). The Morgan fingerprint density at radius 3 is 2.25 bits per heavy atom. The summed E-state index contributed by atoms with van der Waals surface area (Å²) in [5, 5.41) is 3.60. The zero-order chi connectivity index (χ0) is 15.0. The monoisotopic (exact) mass is 320 g/mol. The van der Waals surface area contributed by atoms with Gasteiger partial charge in [-0.1, -0.05) is 23.2 Å². The largest absolute Gasteiger partial charge is 0.383 e. The van der Waals surface area contributed by atoms with Crippen LogP contribution >= 0.6 is 23.2 Å². The average molecular weight is 321 g/mol. The zero-order valence-electron chi connectivity index (χ0n) is 11.5. The van der Waals surface area contributed by atoms with Gasteiger partial charge in [-0.25, -0.2) is 4.79 Å². The van der Waals surface area contributed by atoms with Crippen molar-refractivity contribution < 1.29 is 14.3 Å². The molecule has 20 heavy (non-hydrogen) atoms. The van der Waals surface area contributed by atoms with E-state index >= 15 is 0 Å². The summed E-state index contributed by atoms with van der Waals surface area (Å²) in [7, 11) is 3.18. The molecule has 0 bridgehead atoms. The third kappa shape index (κ3) is 5.54. The van der Waals surface area contributed by atoms with Crippen molar-refractivity contribution in [3.05, 3.63) is 28.2 Å². The van der Waals surface area contributed by atoms with E-state index < -0.39 is 0 Å². The highest BCUT2D eigenvalue weighted by Crippen LogP contribution is 2.25. The Hall–Kier alpha value is -1.01. The van der Waals surface area contributed by atoms with E-state index in [0.29, 0.717) is 42.0 Å². The molecule has 1 aromatic carbocycles. The van der Waals surface area contributed by atoms with Gasteiger partial charge in [0.15, 0.2) is 0 Å². The summed E-state index contributed by atoms with van der Waals surface area (Å²) >= 11 is 11.7. The van der Waals surface area contributed by atoms with Crippen molar-refractivity contribution in [2.45, 2.75) is 0 Å². The van der Waals surface area contributed by atoms with Crippen molar-refractivity contribution in [3.63, 3.8) is 0 Å². The third-order valence-electron chi connectivity index (χ3n) is 2.59. The predicted molar refractivity (Wildman–Crippen MR) is 80.8 cm³/mol. The zero-order valence-corrected chi connectivity index (χ0v) is 13.0. The number of carbonyl (C=O) groups is 1. The Morgan fingerprint density at radius 2 is 1.75 bits per heavy atom. The molecular formula is C13H18Cl2N2O3. The van der Waals surface area contributed by atoms with Crippen LogP contribution < -0.4 is 5.32 Å². The van der Waals surface area contributed by atoms with Gasteiger partial charge in [-0.15, -0.1) is 0 Å². The Morgan fingerprint density at radius 1 is 1.15 bits per heavy atom. The molecule has 1 aromatic rings. The quantitative estimate of drug-likeness (QED) is 0.839. The van der Waals surface area contributed by atoms with Crippen LogP contribution in [0.5, 0.6) is 0 Å². The number of methoxy groups -OCH3 is 2. The fraction of sp³-hybridized carbons (Fsp3) is 0.462. The van der Waals surface area contributed by atoms with Gasteiger partial charge in [0.1, 0.15) is 0 Å². The molecule has 5 nitrogen and oxygen atoms in total. The lowest BCUT2D eigenvalue weighted by atomic mass is 10.3. The predicted octanol–water partition coefficient (Wildman–Crippen LogP) is 3.12. The molecule has 0 fully saturated rings. The van der Waals surface area contributed by atoms with E-state index in [1.807, 2.05) is 0 Å². The molecule has 1 N–H and O–H groups in total. The second-order valence-corrected chi connectivity index (χ2v) is 4.85. The van der Waals surface area contributed by atoms with E-state index in [2.05, 4.69) is 5.32 Å². The second kappa shape index (κ2) is 9.02. The smallest absolute Gasteiger partial charge is 0.322 e. The summed E-state index contributed by atoms with van der Waals surface area (Å²) in [6, 6.07) is 4.69. The Kier molecular flexibility index (Phi) is 7.69. The first kappa shape index (κ1) is 17.0. The van der Waals surface area contributed by atoms with Gasteiger partial charge in [0.25, 0.3) is 0 Å². The van der Waals surface area contributed by atoms with Crippen LogP contribution in [-0.4, -0.2) is 51.5 Å². The first-order valence-corrected chi connectivity index (χ1v) is 6.83. The number of hydrogen-bond donors (Lipinski definition) is 1. The van der Waals surface area contributed by atoms with Gasteiger partial charge in [-0.3, -0.25) is 0 Å². The van der Waals surface area contributed by atoms with Gasteiger partial charge in [0.05, 0.1) is 23.3 Å². The highest BCUT2D eigenvalue weighted by molar-refractivity contribution is 6.42. The Balaban J connectivity index is 2.65. The van der Waals surface area contributed by atoms with Gasteiger partial charge >= 0.3 is 6.03 Å². The average Bonchev–Trinajstić information content (AvgIpc) is 2.43. The van der Waals surface area contributed by atoms with Crippen LogP contribution in [0.2, 0.25) is 10.0 Å². The fourth-order valence-electron chi connectivity index (χ4n) is 1.49. The molecule has 0 saturated heterocycles. The van der Waals surface area contributed by atoms with Crippen molar-refractivity contribution >= 4 is 34.9 Å². The fourth-order valence-corrected chi connectivity index (χ4v) is 1.79. The highest BCUT2D eigenvalue weighted by atomic mass is 35.5. The summed E-state index contributed by atoms with van der Waals surface area (Å²) in [5.74, 6) is 0. The van der Waals surface area contributed by atoms with E-state index in [1.54, 1.807) is 37.3 Å². The number of carbonyl (C=O) groups excluding carboxylic acids is 1. The second-order valence-electron chi connectivity index (χ2n) is 4.03. The number of ether oxygens (including phenoxy) is 2. The molecule has 0 atom stereocenters. The minimum absolute atomic E-state index is 0.238. The third-order valence-corrected chi connectivity index (χ3v) is 3.33. The molecule has 0 spiro atoms. The summed E-state index contributed by atoms with van der Waals surface area (Å²) in [5.41, 5.74) is 0.587. The van der Waals surface area contributed by atoms with Crippen LogP contribution in [-0.2, 0) is 9.47 Å². The lowest BCUT2D eigenvalue weighted by Gasteiger charge is -2.22. The standard InChI is InChI=1S/C13H18Cl2N2O3/c1-19-7-5-17(6-8-20-2)13(18)16-10-3-4-11(14)12(15)9-10/h3-4,9H,5-8H2,1-2H3,(H,16,18). The molecule has 0 radical (unpaired) electrons. The minimum atomic E-state index is -0.238. The molecule has 0 saturated carbocycles. The van der Waals surface area contributed by atoms with Crippen molar-refractivity contribution in [3.8, 4) is 0 Å². The molecule has 7 heteroatoms. The maximum Gasteiger partial charge on any atom is 0.322 e. The molecule has 0 unspecified atom stereocenters. The Labute approximate surface area is 128 Å². The lowest BCUT2D eigenvalue weighted by Crippen LogP contribution is -2.39. The van der Waals surface area contributed by atoms with Crippen LogP contribution in [0.15, 0.2) is 18.2 Å². The number of urea groups is 1. The van der Waals surface area contributed by atoms with Crippen LogP contribution in [0.3, 0.4) is 0 Å². The lowest BCUT2D eigenvalue weighted by molar-refractivity contribution is 0.127. The number of anilines is 1. The number of amides is 2. The molecule has 0 heterocycles. The van der Waals surface area contributed by atoms with E-state index in [-0.39, 0.29) is 6.03 Å². The van der Waals surface area contributed by atoms with E-state index in [0.717, 1.165) is 0 Å². The number of rotatable bonds is 7. The molecular weight excluding hydrogens is 303 g/mol. The van der Waals surface area contributed by atoms with Gasteiger partial charge < -0.3 is 19.7 Å².